The van der Waals surface area contributed by atoms with E-state index in [0.29, 0.717) is 25.5 Å². The average Bonchev–Trinajstić information content (AvgIpc) is 2.31. The molecule has 4 nitrogen and oxygen atoms in total. The molecule has 2 heterocycles. The van der Waals surface area contributed by atoms with Gasteiger partial charge in [0.2, 0.25) is 0 Å². The smallest absolute Gasteiger partial charge is 0.163 e. The minimum Gasteiger partial charge on any atom is -0.381 e. The Bertz CT molecular complexity index is 208. The van der Waals surface area contributed by atoms with Gasteiger partial charge < -0.3 is 14.8 Å². The molecule has 1 N–H and O–H groups in total. The molecule has 0 radical (unpaired) electrons. The number of carbonyl (C=O) groups is 1. The molecule has 2 saturated heterocycles. The molecule has 0 spiro atoms. The van der Waals surface area contributed by atoms with E-state index in [9.17, 15) is 4.79 Å². The molecule has 2 rings (SSSR count). The minimum absolute atomic E-state index is 0.207. The van der Waals surface area contributed by atoms with Gasteiger partial charge in [-0.3, -0.25) is 4.79 Å². The number of nitrogens with one attached hydrogen (secondary N) is 1. The summed E-state index contributed by atoms with van der Waals surface area (Å²) in [6.45, 7) is 3.82. The van der Waals surface area contributed by atoms with Gasteiger partial charge in [0.1, 0.15) is 6.10 Å². The zero-order valence-corrected chi connectivity index (χ0v) is 9.04. The van der Waals surface area contributed by atoms with Gasteiger partial charge in [0.05, 0.1) is 6.61 Å². The van der Waals surface area contributed by atoms with Crippen LogP contribution in [0.4, 0.5) is 0 Å². The molecule has 0 aromatic heterocycles. The van der Waals surface area contributed by atoms with Crippen molar-refractivity contribution in [3.63, 3.8) is 0 Å². The largest absolute Gasteiger partial charge is 0.381 e. The first-order valence-corrected chi connectivity index (χ1v) is 5.79. The number of rotatable bonds is 3. The Morgan fingerprint density at radius 3 is 2.73 bits per heavy atom. The zero-order chi connectivity index (χ0) is 10.5. The average molecular weight is 213 g/mol. The molecular weight excluding hydrogens is 194 g/mol. The van der Waals surface area contributed by atoms with E-state index in [1.165, 1.54) is 0 Å². The summed E-state index contributed by atoms with van der Waals surface area (Å²) in [5.74, 6) is 0.769. The van der Waals surface area contributed by atoms with Crippen LogP contribution in [0.3, 0.4) is 0 Å². The standard InChI is InChI=1S/C11H19NO3/c13-10(11-8-12-3-6-15-11)7-9-1-4-14-5-2-9/h9,11-12H,1-8H2. The molecular formula is C11H19NO3. The summed E-state index contributed by atoms with van der Waals surface area (Å²) in [5.41, 5.74) is 0. The van der Waals surface area contributed by atoms with Crippen LogP contribution in [0.5, 0.6) is 0 Å². The molecule has 0 aromatic carbocycles. The van der Waals surface area contributed by atoms with E-state index < -0.39 is 0 Å². The molecule has 2 fully saturated rings. The van der Waals surface area contributed by atoms with E-state index in [2.05, 4.69) is 5.32 Å². The predicted octanol–water partition coefficient (Wildman–Crippen LogP) is 0.361. The first kappa shape index (κ1) is 11.0. The molecule has 4 heteroatoms. The molecule has 1 atom stereocenters. The van der Waals surface area contributed by atoms with Crippen LogP contribution in [0.1, 0.15) is 19.3 Å². The molecule has 2 aliphatic heterocycles. The molecule has 86 valence electrons. The highest BCUT2D eigenvalue weighted by Crippen LogP contribution is 2.20. The normalized spacial score (nSPS) is 28.9. The topological polar surface area (TPSA) is 47.6 Å². The van der Waals surface area contributed by atoms with Crippen molar-refractivity contribution in [2.45, 2.75) is 25.4 Å². The number of ether oxygens (including phenoxy) is 2. The fraction of sp³-hybridized carbons (Fsp3) is 0.909. The number of carbonyl (C=O) groups excluding carboxylic acids is 1. The SMILES string of the molecule is O=C(CC1CCOCC1)C1CNCCO1. The third-order valence-corrected chi connectivity index (χ3v) is 3.12. The Kier molecular flexibility index (Phi) is 4.11. The van der Waals surface area contributed by atoms with Crippen LogP contribution in [0, 0.1) is 5.92 Å². The summed E-state index contributed by atoms with van der Waals surface area (Å²) in [6.07, 6.45) is 2.50. The van der Waals surface area contributed by atoms with Gasteiger partial charge in [-0.25, -0.2) is 0 Å². The minimum atomic E-state index is -0.207. The van der Waals surface area contributed by atoms with Crippen LogP contribution in [0.2, 0.25) is 0 Å². The lowest BCUT2D eigenvalue weighted by Crippen LogP contribution is -2.43. The lowest BCUT2D eigenvalue weighted by molar-refractivity contribution is -0.133. The van der Waals surface area contributed by atoms with E-state index in [-0.39, 0.29) is 11.9 Å². The van der Waals surface area contributed by atoms with Crippen LogP contribution in [-0.2, 0) is 14.3 Å². The van der Waals surface area contributed by atoms with Gasteiger partial charge in [-0.05, 0) is 18.8 Å². The molecule has 0 aromatic rings. The fourth-order valence-electron chi connectivity index (χ4n) is 2.14. The van der Waals surface area contributed by atoms with Crippen LogP contribution in [-0.4, -0.2) is 44.8 Å². The van der Waals surface area contributed by atoms with Crippen molar-refractivity contribution >= 4 is 5.78 Å². The summed E-state index contributed by atoms with van der Waals surface area (Å²) < 4.78 is 10.7. The van der Waals surface area contributed by atoms with Crippen molar-refractivity contribution in [3.8, 4) is 0 Å². The van der Waals surface area contributed by atoms with Crippen molar-refractivity contribution in [1.82, 2.24) is 5.32 Å². The predicted molar refractivity (Wildman–Crippen MR) is 55.8 cm³/mol. The second-order valence-electron chi connectivity index (χ2n) is 4.29. The van der Waals surface area contributed by atoms with Gasteiger partial charge >= 0.3 is 0 Å². The highest BCUT2D eigenvalue weighted by atomic mass is 16.5. The number of ketones is 1. The maximum absolute atomic E-state index is 11.9. The number of morpholine rings is 1. The first-order chi connectivity index (χ1) is 7.36. The Hall–Kier alpha value is -0.450. The summed E-state index contributed by atoms with van der Waals surface area (Å²) in [5, 5.41) is 3.18. The van der Waals surface area contributed by atoms with Crippen molar-refractivity contribution in [2.24, 2.45) is 5.92 Å². The molecule has 0 aliphatic carbocycles. The second-order valence-corrected chi connectivity index (χ2v) is 4.29. The van der Waals surface area contributed by atoms with Gasteiger partial charge in [-0.2, -0.15) is 0 Å². The quantitative estimate of drug-likeness (QED) is 0.735. The molecule has 2 aliphatic rings. The van der Waals surface area contributed by atoms with Crippen LogP contribution >= 0.6 is 0 Å². The van der Waals surface area contributed by atoms with Gasteiger partial charge in [-0.1, -0.05) is 0 Å². The highest BCUT2D eigenvalue weighted by Gasteiger charge is 2.25. The second kappa shape index (κ2) is 5.58. The third-order valence-electron chi connectivity index (χ3n) is 3.12. The molecule has 15 heavy (non-hydrogen) atoms. The number of hydrogen-bond donors (Lipinski definition) is 1. The van der Waals surface area contributed by atoms with Crippen molar-refractivity contribution in [1.29, 1.82) is 0 Å². The highest BCUT2D eigenvalue weighted by molar-refractivity contribution is 5.83. The van der Waals surface area contributed by atoms with Gasteiger partial charge in [-0.15, -0.1) is 0 Å². The van der Waals surface area contributed by atoms with Crippen molar-refractivity contribution in [3.05, 3.63) is 0 Å². The van der Waals surface area contributed by atoms with E-state index in [4.69, 9.17) is 9.47 Å². The zero-order valence-electron chi connectivity index (χ0n) is 9.04. The maximum Gasteiger partial charge on any atom is 0.163 e. The summed E-state index contributed by atoms with van der Waals surface area (Å²) >= 11 is 0. The van der Waals surface area contributed by atoms with Crippen molar-refractivity contribution in [2.75, 3.05) is 32.9 Å². The molecule has 0 amide bonds. The van der Waals surface area contributed by atoms with E-state index in [0.717, 1.165) is 32.6 Å². The molecule has 1 unspecified atom stereocenters. The van der Waals surface area contributed by atoms with Gasteiger partial charge in [0.15, 0.2) is 5.78 Å². The Morgan fingerprint density at radius 2 is 2.07 bits per heavy atom. The van der Waals surface area contributed by atoms with Gasteiger partial charge in [0, 0.05) is 32.7 Å². The summed E-state index contributed by atoms with van der Waals surface area (Å²) in [6, 6.07) is 0. The Labute approximate surface area is 90.3 Å². The number of Topliss-reactive ketones (excluding diaryl/α,β-unsaturated/α-hetero) is 1. The van der Waals surface area contributed by atoms with Crippen LogP contribution in [0.25, 0.3) is 0 Å². The molecule has 0 saturated carbocycles. The van der Waals surface area contributed by atoms with E-state index in [1.54, 1.807) is 0 Å². The van der Waals surface area contributed by atoms with Gasteiger partial charge in [0.25, 0.3) is 0 Å². The molecule has 0 bridgehead atoms. The van der Waals surface area contributed by atoms with Crippen LogP contribution in [0.15, 0.2) is 0 Å². The monoisotopic (exact) mass is 213 g/mol. The maximum atomic E-state index is 11.9. The van der Waals surface area contributed by atoms with Crippen molar-refractivity contribution < 1.29 is 14.3 Å². The summed E-state index contributed by atoms with van der Waals surface area (Å²) in [4.78, 5) is 11.9. The Morgan fingerprint density at radius 1 is 1.27 bits per heavy atom. The Balaban J connectivity index is 1.74. The lowest BCUT2D eigenvalue weighted by Gasteiger charge is -2.26. The number of hydrogen-bond acceptors (Lipinski definition) is 4. The van der Waals surface area contributed by atoms with Crippen LogP contribution < -0.4 is 5.32 Å². The lowest BCUT2D eigenvalue weighted by atomic mass is 9.92. The van der Waals surface area contributed by atoms with E-state index >= 15 is 0 Å². The first-order valence-electron chi connectivity index (χ1n) is 5.79. The summed E-state index contributed by atoms with van der Waals surface area (Å²) in [7, 11) is 0. The third kappa shape index (κ3) is 3.26. The fourth-order valence-corrected chi connectivity index (χ4v) is 2.14. The van der Waals surface area contributed by atoms with E-state index in [1.807, 2.05) is 0 Å².